The first-order valence-electron chi connectivity index (χ1n) is 47.6. The third-order valence-corrected chi connectivity index (χ3v) is 78.8. The first kappa shape index (κ1) is 90.0. The van der Waals surface area contributed by atoms with E-state index in [1.54, 1.807) is 62.6 Å². The molecule has 676 valence electrons. The molecule has 8 aliphatic heterocycles. The van der Waals surface area contributed by atoms with Crippen LogP contribution in [-0.2, 0) is 0 Å². The Hall–Kier alpha value is -9.32. The second kappa shape index (κ2) is 36.6. The molecule has 0 bridgehead atoms. The van der Waals surface area contributed by atoms with E-state index < -0.39 is 124 Å². The molecular formula is C114H88Ge2N4O8S4Si2Te4. The molecule has 0 radical (unpaired) electrons. The van der Waals surface area contributed by atoms with E-state index in [-0.39, 0.29) is 46.3 Å². The number of Topliss-reactive ketones (excluding diaryl/α,β-unsaturated/α-hetero) is 8. The molecular weight excluding hydrogens is 2390 g/mol. The van der Waals surface area contributed by atoms with E-state index >= 15 is 0 Å². The zero-order valence-electron chi connectivity index (χ0n) is 75.1. The Morgan fingerprint density at radius 1 is 0.232 bits per heavy atom. The molecule has 0 saturated carbocycles. The molecule has 138 heavy (non-hydrogen) atoms. The van der Waals surface area contributed by atoms with Crippen LogP contribution < -0.4 is 57.9 Å². The number of carbonyl (C=O) groups excluding carboxylic acids is 8. The van der Waals surface area contributed by atoms with Gasteiger partial charge in [-0.05, 0) is 0 Å². The van der Waals surface area contributed by atoms with Crippen LogP contribution in [0.1, 0.15) is 159 Å². The van der Waals surface area contributed by atoms with Crippen LogP contribution in [0.3, 0.4) is 0 Å². The molecule has 4 saturated heterocycles. The molecule has 16 heterocycles. The molecule has 8 aromatic carbocycles. The van der Waals surface area contributed by atoms with Gasteiger partial charge in [0.1, 0.15) is 0 Å². The SMILES string of the molecule is O=C1/C(=C\c2ccc(N3c4cccc[c]4[Ge]4([CH2]CCC[CH2]4)[c]4ccccc43)[te]2)C(=O)c2sccc21.O=C1/C(=C\c2ccc(N3c4cccc[c]4[Ge]4([CH2]CC[CH2]4)[c]4ccccc43)[te]2)C(=O)c2sccc21.O=C1/C(=C\c2ccc(N3c4ccccc4[Si]4(CCCC4)c4ccccc43)[te]2)C(=O)c2sccc21.O=C1/C(=C\c2ccc(N3c4ccccc4[Si]4(CCCCC4)c4ccccc43)[te]2)C(=O)c2sccc21. The first-order chi connectivity index (χ1) is 67.7. The predicted molar refractivity (Wildman–Crippen MR) is 581 cm³/mol. The summed E-state index contributed by atoms with van der Waals surface area (Å²) in [5.41, 5.74) is 14.5. The predicted octanol–water partition coefficient (Wildman–Crippen LogP) is 22.4. The van der Waals surface area contributed by atoms with E-state index in [0.29, 0.717) is 64.1 Å². The Labute approximate surface area is 862 Å². The Bertz CT molecular complexity index is 7190. The van der Waals surface area contributed by atoms with Crippen LogP contribution in [0, 0.1) is 0 Å². The van der Waals surface area contributed by atoms with Crippen molar-refractivity contribution in [3.8, 4) is 0 Å². The molecule has 12 aliphatic rings. The second-order valence-corrected chi connectivity index (χ2v) is 80.0. The van der Waals surface area contributed by atoms with Crippen molar-refractivity contribution in [1.82, 2.24) is 0 Å². The van der Waals surface area contributed by atoms with Gasteiger partial charge in [0.25, 0.3) is 0 Å². The zero-order valence-corrected chi connectivity index (χ0v) is 93.9. The quantitative estimate of drug-likeness (QED) is 0.0809. The average Bonchev–Trinajstić information content (AvgIpc) is 1.49. The number of rotatable bonds is 8. The number of allylic oxidation sites excluding steroid dienone is 4. The third kappa shape index (κ3) is 14.7. The van der Waals surface area contributed by atoms with Gasteiger partial charge >= 0.3 is 873 Å². The van der Waals surface area contributed by atoms with Crippen molar-refractivity contribution in [2.24, 2.45) is 0 Å². The van der Waals surface area contributed by atoms with Crippen LogP contribution in [0.2, 0.25) is 45.2 Å². The summed E-state index contributed by atoms with van der Waals surface area (Å²) in [4.78, 5) is 115. The van der Waals surface area contributed by atoms with Gasteiger partial charge in [0.05, 0.1) is 0 Å². The van der Waals surface area contributed by atoms with Crippen LogP contribution in [-0.4, -0.2) is 171 Å². The van der Waals surface area contributed by atoms with Crippen molar-refractivity contribution in [1.29, 1.82) is 0 Å². The van der Waals surface area contributed by atoms with Gasteiger partial charge in [0.15, 0.2) is 0 Å². The fourth-order valence-electron chi connectivity index (χ4n) is 24.4. The van der Waals surface area contributed by atoms with Gasteiger partial charge in [-0.2, -0.15) is 0 Å². The molecule has 24 heteroatoms. The average molecular weight is 2480 g/mol. The number of fused-ring (bicyclic) bond motifs is 20. The summed E-state index contributed by atoms with van der Waals surface area (Å²) in [6, 6.07) is 103. The number of hydrogen-bond donors (Lipinski definition) is 0. The molecule has 28 rings (SSSR count). The van der Waals surface area contributed by atoms with Crippen molar-refractivity contribution >= 4 is 339 Å². The molecule has 0 atom stereocenters. The van der Waals surface area contributed by atoms with Crippen molar-refractivity contribution in [2.45, 2.75) is 109 Å². The monoisotopic (exact) mass is 2490 g/mol. The van der Waals surface area contributed by atoms with E-state index in [2.05, 4.69) is 262 Å². The molecule has 0 N–H and O–H groups in total. The second-order valence-electron chi connectivity index (χ2n) is 37.6. The van der Waals surface area contributed by atoms with Gasteiger partial charge in [0.2, 0.25) is 0 Å². The van der Waals surface area contributed by atoms with Gasteiger partial charge in [-0.3, -0.25) is 0 Å². The topological polar surface area (TPSA) is 150 Å². The maximum atomic E-state index is 12.8. The normalized spacial score (nSPS) is 19.1. The van der Waals surface area contributed by atoms with E-state index in [9.17, 15) is 38.4 Å². The van der Waals surface area contributed by atoms with Gasteiger partial charge in [-0.25, -0.2) is 0 Å². The third-order valence-electron chi connectivity index (χ3n) is 30.5. The summed E-state index contributed by atoms with van der Waals surface area (Å²) in [5, 5.41) is 19.2. The Kier molecular flexibility index (Phi) is 23.9. The molecule has 4 spiro atoms. The van der Waals surface area contributed by atoms with Crippen LogP contribution in [0.5, 0.6) is 0 Å². The number of hydrogen-bond acceptors (Lipinski definition) is 16. The van der Waals surface area contributed by atoms with Crippen LogP contribution >= 0.6 is 45.3 Å². The van der Waals surface area contributed by atoms with Gasteiger partial charge in [-0.15, -0.1) is 0 Å². The van der Waals surface area contributed by atoms with E-state index in [1.165, 1.54) is 215 Å². The number of nitrogens with zero attached hydrogens (tertiary/aromatic N) is 4. The standard InChI is InChI=1S/C29H23GeNO2STe.C29H23NO2SSiTe.C28H21GeNO2STe.C28H21NO2SSiTe/c32-27-20-14-17-34-29(20)28(33)21(27)18-19-12-13-26(35-19)31-24-10-4-2-8-22(24)30(15-6-1-7-16-30)23-9-3-5-11-25(23)31;31-27-20-14-15-33-29(20)28(32)21(27)18-19-12-13-26(35-19)30-22-8-2-4-10-24(22)34(16-6-1-7-17-34)25-11-5-3-9-23(25)30;31-26-19-13-16-33-28(19)27(32)20(26)17-18-11-12-25(34-18)30-23-9-3-1-7-21(23)29(14-5-6-15-29)22-8-2-4-10-24(22)30;30-26-19-13-14-32-28(19)27(31)20(26)17-18-11-12-25(34-18)29-21-7-1-3-9-23(21)33(15-5-6-16-33)24-10-4-2-8-22(24)29/h2-5,8-14,17-18H,1,6-7,15-16H2;2-5,8-15,18H,1,6-7,16-17H2;1-4,7-13,16-17H,5-6,14-15H2;1-4,7-14,17H,5-6,15-16H2/b2*21-18+;2*20-17+. The molecule has 4 fully saturated rings. The molecule has 12 nitrogen and oxygen atoms in total. The van der Waals surface area contributed by atoms with Crippen LogP contribution in [0.15, 0.2) is 311 Å². The Morgan fingerprint density at radius 3 is 0.710 bits per heavy atom. The summed E-state index contributed by atoms with van der Waals surface area (Å²) in [6.07, 6.45) is 21.0. The van der Waals surface area contributed by atoms with Crippen LogP contribution in [0.25, 0.3) is 24.3 Å². The number of thiophene rings is 4. The van der Waals surface area contributed by atoms with Gasteiger partial charge in [-0.1, -0.05) is 0 Å². The van der Waals surface area contributed by atoms with Crippen molar-refractivity contribution < 1.29 is 38.4 Å². The molecule has 0 amide bonds. The van der Waals surface area contributed by atoms with Crippen LogP contribution in [0.4, 0.5) is 60.3 Å². The first-order valence-corrected chi connectivity index (χ1v) is 75.4. The Balaban J connectivity index is 0.0000000975. The minimum atomic E-state index is -2.42. The summed E-state index contributed by atoms with van der Waals surface area (Å²) >= 11 is -2.31. The van der Waals surface area contributed by atoms with E-state index in [4.69, 9.17) is 0 Å². The Morgan fingerprint density at radius 2 is 0.449 bits per heavy atom. The van der Waals surface area contributed by atoms with E-state index in [0.717, 1.165) is 14.3 Å². The summed E-state index contributed by atoms with van der Waals surface area (Å²) < 4.78 is 16.4. The summed E-state index contributed by atoms with van der Waals surface area (Å²) in [5.74, 6) is -0.912. The molecule has 8 aromatic heterocycles. The maximum absolute atomic E-state index is 12.8. The summed E-state index contributed by atoms with van der Waals surface area (Å²) in [7, 11) is -3.49. The summed E-state index contributed by atoms with van der Waals surface area (Å²) in [6.45, 7) is 0. The molecule has 4 aliphatic carbocycles. The van der Waals surface area contributed by atoms with E-state index in [1.807, 2.05) is 45.8 Å². The fourth-order valence-corrected chi connectivity index (χ4v) is 73.2. The van der Waals surface area contributed by atoms with Crippen molar-refractivity contribution in [2.75, 3.05) is 19.6 Å². The fraction of sp³-hybridized carbons (Fsp3) is 0.158. The van der Waals surface area contributed by atoms with Gasteiger partial charge in [0, 0.05) is 0 Å². The number of anilines is 12. The number of benzene rings is 8. The van der Waals surface area contributed by atoms with Crippen molar-refractivity contribution in [3.63, 3.8) is 0 Å². The van der Waals surface area contributed by atoms with Crippen molar-refractivity contribution in [3.05, 3.63) is 367 Å². The zero-order chi connectivity index (χ0) is 92.9. The molecule has 16 aromatic rings. The minimum absolute atomic E-state index is 0.109. The number of para-hydroxylation sites is 8. The number of carbonyl (C=O) groups is 8. The molecule has 0 unspecified atom stereocenters. The number of ketones is 8. The van der Waals surface area contributed by atoms with Gasteiger partial charge < -0.3 is 0 Å².